The lowest BCUT2D eigenvalue weighted by Crippen LogP contribution is -2.28. The molecule has 0 aromatic carbocycles. The van der Waals surface area contributed by atoms with Crippen LogP contribution in [0.5, 0.6) is 0 Å². The standard InChI is InChI=1S/C4H8N6O2/c1-8(5)4-6-3(10(11)12)7-9(4)2/h5H2,1-2H3. The van der Waals surface area contributed by atoms with Crippen LogP contribution >= 0.6 is 0 Å². The van der Waals surface area contributed by atoms with Crippen LogP contribution in [0, 0.1) is 10.1 Å². The quantitative estimate of drug-likeness (QED) is 0.350. The summed E-state index contributed by atoms with van der Waals surface area (Å²) in [6, 6.07) is 0. The van der Waals surface area contributed by atoms with Crippen molar-refractivity contribution in [2.24, 2.45) is 12.9 Å². The average molecular weight is 172 g/mol. The van der Waals surface area contributed by atoms with E-state index in [9.17, 15) is 10.1 Å². The lowest BCUT2D eigenvalue weighted by Gasteiger charge is -2.03. The Morgan fingerprint density at radius 2 is 2.33 bits per heavy atom. The minimum Gasteiger partial charge on any atom is -0.390 e. The number of nitrogens with two attached hydrogens (primary N) is 1. The fourth-order valence-corrected chi connectivity index (χ4v) is 0.748. The van der Waals surface area contributed by atoms with Crippen molar-refractivity contribution in [2.45, 2.75) is 0 Å². The van der Waals surface area contributed by atoms with Crippen molar-refractivity contribution < 1.29 is 4.92 Å². The molecule has 8 heteroatoms. The second-order valence-electron chi connectivity index (χ2n) is 2.20. The smallest absolute Gasteiger partial charge is 0.390 e. The van der Waals surface area contributed by atoms with Crippen LogP contribution in [-0.2, 0) is 7.05 Å². The molecule has 0 aliphatic carbocycles. The molecule has 0 bridgehead atoms. The van der Waals surface area contributed by atoms with Gasteiger partial charge in [-0.25, -0.2) is 5.84 Å². The molecule has 1 heterocycles. The molecule has 66 valence electrons. The van der Waals surface area contributed by atoms with E-state index in [2.05, 4.69) is 10.1 Å². The van der Waals surface area contributed by atoms with Crippen molar-refractivity contribution in [3.8, 4) is 0 Å². The van der Waals surface area contributed by atoms with Crippen LogP contribution in [0.4, 0.5) is 11.9 Å². The fraction of sp³-hybridized carbons (Fsp3) is 0.500. The Balaban J connectivity index is 3.09. The highest BCUT2D eigenvalue weighted by Gasteiger charge is 2.20. The Kier molecular flexibility index (Phi) is 1.92. The van der Waals surface area contributed by atoms with Crippen LogP contribution < -0.4 is 10.9 Å². The molecule has 1 aromatic rings. The van der Waals surface area contributed by atoms with E-state index in [1.54, 1.807) is 0 Å². The summed E-state index contributed by atoms with van der Waals surface area (Å²) in [7, 11) is 3.05. The summed E-state index contributed by atoms with van der Waals surface area (Å²) < 4.78 is 1.23. The Morgan fingerprint density at radius 3 is 2.58 bits per heavy atom. The van der Waals surface area contributed by atoms with Gasteiger partial charge in [-0.1, -0.05) is 0 Å². The molecule has 0 amide bonds. The van der Waals surface area contributed by atoms with Crippen LogP contribution in [0.25, 0.3) is 0 Å². The maximum absolute atomic E-state index is 10.2. The molecule has 0 atom stereocenters. The number of hydrazine groups is 1. The normalized spacial score (nSPS) is 9.92. The molecular weight excluding hydrogens is 164 g/mol. The fourth-order valence-electron chi connectivity index (χ4n) is 0.748. The van der Waals surface area contributed by atoms with E-state index in [0.717, 1.165) is 5.01 Å². The predicted molar refractivity (Wildman–Crippen MR) is 40.2 cm³/mol. The first kappa shape index (κ1) is 8.40. The van der Waals surface area contributed by atoms with Crippen molar-refractivity contribution in [2.75, 3.05) is 12.1 Å². The van der Waals surface area contributed by atoms with Gasteiger partial charge in [0.15, 0.2) is 0 Å². The van der Waals surface area contributed by atoms with Crippen molar-refractivity contribution in [1.29, 1.82) is 0 Å². The van der Waals surface area contributed by atoms with Gasteiger partial charge >= 0.3 is 11.9 Å². The number of nitrogens with zero attached hydrogens (tertiary/aromatic N) is 5. The lowest BCUT2D eigenvalue weighted by molar-refractivity contribution is -0.394. The average Bonchev–Trinajstić information content (AvgIpc) is 2.30. The molecule has 0 spiro atoms. The predicted octanol–water partition coefficient (Wildman–Crippen LogP) is -0.967. The molecule has 0 aliphatic heterocycles. The van der Waals surface area contributed by atoms with Crippen LogP contribution in [0.15, 0.2) is 0 Å². The van der Waals surface area contributed by atoms with Crippen molar-refractivity contribution in [1.82, 2.24) is 14.8 Å². The summed E-state index contributed by atoms with van der Waals surface area (Å²) in [5.74, 6) is 5.10. The van der Waals surface area contributed by atoms with E-state index in [1.165, 1.54) is 18.8 Å². The van der Waals surface area contributed by atoms with Gasteiger partial charge in [-0.15, -0.1) is 0 Å². The Labute approximate surface area is 67.7 Å². The Morgan fingerprint density at radius 1 is 1.75 bits per heavy atom. The van der Waals surface area contributed by atoms with Gasteiger partial charge in [0, 0.05) is 19.2 Å². The summed E-state index contributed by atoms with van der Waals surface area (Å²) in [6.07, 6.45) is 0. The van der Waals surface area contributed by atoms with E-state index < -0.39 is 10.9 Å². The topological polar surface area (TPSA) is 103 Å². The maximum atomic E-state index is 10.2. The summed E-state index contributed by atoms with van der Waals surface area (Å²) in [6.45, 7) is 0. The molecule has 1 rings (SSSR count). The number of rotatable bonds is 2. The Bertz CT molecular complexity index is 304. The molecule has 0 radical (unpaired) electrons. The monoisotopic (exact) mass is 172 g/mol. The third-order valence-electron chi connectivity index (χ3n) is 1.21. The molecule has 0 aliphatic rings. The van der Waals surface area contributed by atoms with Crippen LogP contribution in [0.3, 0.4) is 0 Å². The van der Waals surface area contributed by atoms with Gasteiger partial charge in [0.1, 0.15) is 0 Å². The molecule has 2 N–H and O–H groups in total. The second kappa shape index (κ2) is 2.74. The van der Waals surface area contributed by atoms with Crippen LogP contribution in [0.1, 0.15) is 0 Å². The highest BCUT2D eigenvalue weighted by atomic mass is 16.6. The number of anilines is 1. The third-order valence-corrected chi connectivity index (χ3v) is 1.21. The molecule has 1 aromatic heterocycles. The van der Waals surface area contributed by atoms with Gasteiger partial charge in [-0.05, 0) is 9.91 Å². The highest BCUT2D eigenvalue weighted by molar-refractivity contribution is 5.29. The summed E-state index contributed by atoms with van der Waals surface area (Å²) in [5, 5.41) is 14.9. The van der Waals surface area contributed by atoms with Crippen LogP contribution in [0.2, 0.25) is 0 Å². The first-order valence-electron chi connectivity index (χ1n) is 3.06. The SMILES string of the molecule is CN(N)c1nc([N+](=O)[O-])nn1C. The summed E-state index contributed by atoms with van der Waals surface area (Å²) in [4.78, 5) is 13.1. The molecule has 12 heavy (non-hydrogen) atoms. The van der Waals surface area contributed by atoms with Crippen LogP contribution in [-0.4, -0.2) is 26.7 Å². The summed E-state index contributed by atoms with van der Waals surface area (Å²) >= 11 is 0. The molecule has 0 fully saturated rings. The second-order valence-corrected chi connectivity index (χ2v) is 2.20. The van der Waals surface area contributed by atoms with Gasteiger partial charge < -0.3 is 10.1 Å². The minimum atomic E-state index is -0.674. The first-order chi connectivity index (χ1) is 5.52. The highest BCUT2D eigenvalue weighted by Crippen LogP contribution is 2.09. The number of hydrogen-bond donors (Lipinski definition) is 1. The zero-order valence-corrected chi connectivity index (χ0v) is 6.63. The van der Waals surface area contributed by atoms with Gasteiger partial charge in [0.2, 0.25) is 0 Å². The molecule has 8 nitrogen and oxygen atoms in total. The van der Waals surface area contributed by atoms with E-state index in [4.69, 9.17) is 5.84 Å². The van der Waals surface area contributed by atoms with Crippen molar-refractivity contribution >= 4 is 11.9 Å². The molecular formula is C4H8N6O2. The number of aromatic nitrogens is 3. The zero-order chi connectivity index (χ0) is 9.30. The van der Waals surface area contributed by atoms with E-state index in [1.807, 2.05) is 0 Å². The summed E-state index contributed by atoms with van der Waals surface area (Å²) in [5.41, 5.74) is 0. The molecule has 0 saturated carbocycles. The number of aryl methyl sites for hydroxylation is 1. The lowest BCUT2D eigenvalue weighted by atomic mass is 10.9. The first-order valence-corrected chi connectivity index (χ1v) is 3.06. The van der Waals surface area contributed by atoms with E-state index in [0.29, 0.717) is 0 Å². The third kappa shape index (κ3) is 1.32. The van der Waals surface area contributed by atoms with Gasteiger partial charge in [0.05, 0.1) is 0 Å². The van der Waals surface area contributed by atoms with Crippen molar-refractivity contribution in [3.63, 3.8) is 0 Å². The number of hydrogen-bond acceptors (Lipinski definition) is 6. The van der Waals surface area contributed by atoms with Crippen molar-refractivity contribution in [3.05, 3.63) is 10.1 Å². The largest absolute Gasteiger partial charge is 0.493 e. The minimum absolute atomic E-state index is 0.238. The Hall–Kier alpha value is -1.70. The zero-order valence-electron chi connectivity index (χ0n) is 6.63. The molecule has 0 saturated heterocycles. The number of nitro groups is 1. The van der Waals surface area contributed by atoms with Gasteiger partial charge in [0.25, 0.3) is 0 Å². The maximum Gasteiger partial charge on any atom is 0.493 e. The van der Waals surface area contributed by atoms with Gasteiger partial charge in [-0.3, -0.25) is 5.01 Å². The van der Waals surface area contributed by atoms with E-state index >= 15 is 0 Å². The van der Waals surface area contributed by atoms with Gasteiger partial charge in [-0.2, -0.15) is 4.68 Å². The van der Waals surface area contributed by atoms with E-state index in [-0.39, 0.29) is 5.95 Å². The molecule has 0 unspecified atom stereocenters.